The maximum absolute atomic E-state index is 12.2. The zero-order valence-corrected chi connectivity index (χ0v) is 11.6. The fourth-order valence-corrected chi connectivity index (χ4v) is 2.62. The molecule has 1 aromatic carbocycles. The van der Waals surface area contributed by atoms with E-state index in [0.717, 1.165) is 31.4 Å². The first-order valence-corrected chi connectivity index (χ1v) is 7.19. The predicted molar refractivity (Wildman–Crippen MR) is 75.9 cm³/mol. The molecule has 3 heteroatoms. The van der Waals surface area contributed by atoms with E-state index >= 15 is 0 Å². The van der Waals surface area contributed by atoms with Crippen LogP contribution in [0.15, 0.2) is 24.3 Å². The van der Waals surface area contributed by atoms with Crippen molar-refractivity contribution in [3.8, 4) is 0 Å². The Kier molecular flexibility index (Phi) is 4.97. The molecular formula is C16H23NO2. The molecule has 2 rings (SSSR count). The van der Waals surface area contributed by atoms with Crippen LogP contribution in [0.3, 0.4) is 0 Å². The molecule has 1 aliphatic heterocycles. The van der Waals surface area contributed by atoms with Gasteiger partial charge in [0.2, 0.25) is 5.91 Å². The van der Waals surface area contributed by atoms with Crippen LogP contribution in [0, 0.1) is 5.92 Å². The van der Waals surface area contributed by atoms with Crippen molar-refractivity contribution < 1.29 is 9.90 Å². The van der Waals surface area contributed by atoms with Crippen LogP contribution in [-0.4, -0.2) is 35.6 Å². The molecule has 0 aliphatic carbocycles. The van der Waals surface area contributed by atoms with Crippen molar-refractivity contribution in [3.05, 3.63) is 35.4 Å². The molecule has 1 N–H and O–H groups in total. The summed E-state index contributed by atoms with van der Waals surface area (Å²) in [7, 11) is 0. The molecule has 1 aliphatic rings. The number of piperidine rings is 1. The number of benzene rings is 1. The topological polar surface area (TPSA) is 40.5 Å². The summed E-state index contributed by atoms with van der Waals surface area (Å²) in [6, 6.07) is 8.28. The van der Waals surface area contributed by atoms with Gasteiger partial charge in [0.1, 0.15) is 0 Å². The molecule has 1 heterocycles. The Morgan fingerprint density at radius 1 is 1.32 bits per heavy atom. The fourth-order valence-electron chi connectivity index (χ4n) is 2.62. The molecule has 1 amide bonds. The maximum Gasteiger partial charge on any atom is 0.226 e. The van der Waals surface area contributed by atoms with Crippen molar-refractivity contribution in [2.24, 2.45) is 5.92 Å². The van der Waals surface area contributed by atoms with Gasteiger partial charge in [-0.05, 0) is 36.3 Å². The van der Waals surface area contributed by atoms with Crippen LogP contribution < -0.4 is 0 Å². The normalized spacial score (nSPS) is 19.5. The van der Waals surface area contributed by atoms with Gasteiger partial charge >= 0.3 is 0 Å². The molecule has 0 aromatic heterocycles. The minimum absolute atomic E-state index is 0.183. The Balaban J connectivity index is 1.92. The van der Waals surface area contributed by atoms with Crippen LogP contribution in [0.25, 0.3) is 0 Å². The van der Waals surface area contributed by atoms with Crippen molar-refractivity contribution in [3.63, 3.8) is 0 Å². The lowest BCUT2D eigenvalue weighted by molar-refractivity contribution is -0.132. The van der Waals surface area contributed by atoms with Gasteiger partial charge in [-0.3, -0.25) is 4.79 Å². The first-order chi connectivity index (χ1) is 9.22. The molecule has 1 fully saturated rings. The number of rotatable bonds is 4. The number of hydrogen-bond acceptors (Lipinski definition) is 2. The van der Waals surface area contributed by atoms with E-state index < -0.39 is 0 Å². The molecule has 1 aromatic rings. The summed E-state index contributed by atoms with van der Waals surface area (Å²) in [4.78, 5) is 14.1. The van der Waals surface area contributed by atoms with Gasteiger partial charge in [0.05, 0.1) is 6.42 Å². The van der Waals surface area contributed by atoms with E-state index in [4.69, 9.17) is 0 Å². The van der Waals surface area contributed by atoms with Crippen molar-refractivity contribution in [2.75, 3.05) is 19.7 Å². The summed E-state index contributed by atoms with van der Waals surface area (Å²) in [5.74, 6) is 0.447. The highest BCUT2D eigenvalue weighted by molar-refractivity contribution is 5.78. The minimum Gasteiger partial charge on any atom is -0.396 e. The van der Waals surface area contributed by atoms with Gasteiger partial charge in [-0.15, -0.1) is 0 Å². The highest BCUT2D eigenvalue weighted by Crippen LogP contribution is 2.17. The van der Waals surface area contributed by atoms with Crippen LogP contribution in [0.4, 0.5) is 0 Å². The number of amides is 1. The van der Waals surface area contributed by atoms with Crippen LogP contribution in [0.1, 0.15) is 30.9 Å². The molecule has 0 radical (unpaired) electrons. The van der Waals surface area contributed by atoms with Crippen LogP contribution in [0.5, 0.6) is 0 Å². The van der Waals surface area contributed by atoms with Crippen molar-refractivity contribution in [2.45, 2.75) is 32.6 Å². The van der Waals surface area contributed by atoms with E-state index in [1.165, 1.54) is 5.56 Å². The average molecular weight is 261 g/mol. The largest absolute Gasteiger partial charge is 0.396 e. The number of aryl methyl sites for hydroxylation is 1. The molecular weight excluding hydrogens is 238 g/mol. The fraction of sp³-hybridized carbons (Fsp3) is 0.562. The molecule has 104 valence electrons. The number of likely N-dealkylation sites (tertiary alicyclic amines) is 1. The zero-order chi connectivity index (χ0) is 13.7. The Morgan fingerprint density at radius 3 is 2.63 bits per heavy atom. The number of nitrogens with zero attached hydrogens (tertiary/aromatic N) is 1. The summed E-state index contributed by atoms with van der Waals surface area (Å²) in [5.41, 5.74) is 2.38. The third-order valence-electron chi connectivity index (χ3n) is 3.92. The number of hydrogen-bond donors (Lipinski definition) is 1. The molecule has 3 nitrogen and oxygen atoms in total. The van der Waals surface area contributed by atoms with Crippen molar-refractivity contribution >= 4 is 5.91 Å². The second-order valence-electron chi connectivity index (χ2n) is 5.38. The third kappa shape index (κ3) is 3.80. The summed E-state index contributed by atoms with van der Waals surface area (Å²) in [6.07, 6.45) is 3.54. The Morgan fingerprint density at radius 2 is 2.00 bits per heavy atom. The van der Waals surface area contributed by atoms with Gasteiger partial charge < -0.3 is 10.0 Å². The average Bonchev–Trinajstić information content (AvgIpc) is 2.48. The Bertz CT molecular complexity index is 413. The molecule has 1 unspecified atom stereocenters. The van der Waals surface area contributed by atoms with E-state index in [9.17, 15) is 9.90 Å². The number of aliphatic hydroxyl groups excluding tert-OH is 1. The number of carbonyl (C=O) groups excluding carboxylic acids is 1. The third-order valence-corrected chi connectivity index (χ3v) is 3.92. The second-order valence-corrected chi connectivity index (χ2v) is 5.38. The predicted octanol–water partition coefficient (Wildman–Crippen LogP) is 2.02. The summed E-state index contributed by atoms with van der Waals surface area (Å²) < 4.78 is 0. The first-order valence-electron chi connectivity index (χ1n) is 7.19. The second kappa shape index (κ2) is 6.71. The standard InChI is InChI=1S/C16H23NO2/c1-2-13-5-7-14(8-6-13)10-16(19)17-9-3-4-15(11-17)12-18/h5-8,15,18H,2-4,9-12H2,1H3. The smallest absolute Gasteiger partial charge is 0.226 e. The van der Waals surface area contributed by atoms with Crippen LogP contribution in [0.2, 0.25) is 0 Å². The Hall–Kier alpha value is -1.35. The van der Waals surface area contributed by atoms with E-state index in [0.29, 0.717) is 13.0 Å². The lowest BCUT2D eigenvalue weighted by atomic mass is 9.98. The van der Waals surface area contributed by atoms with Gasteiger partial charge in [0, 0.05) is 19.7 Å². The molecule has 0 spiro atoms. The highest BCUT2D eigenvalue weighted by atomic mass is 16.3. The van der Waals surface area contributed by atoms with E-state index in [1.54, 1.807) is 0 Å². The monoisotopic (exact) mass is 261 g/mol. The SMILES string of the molecule is CCc1ccc(CC(=O)N2CCCC(CO)C2)cc1. The van der Waals surface area contributed by atoms with Gasteiger partial charge in [-0.1, -0.05) is 31.2 Å². The highest BCUT2D eigenvalue weighted by Gasteiger charge is 2.22. The van der Waals surface area contributed by atoms with Gasteiger partial charge in [-0.2, -0.15) is 0 Å². The number of carbonyl (C=O) groups is 1. The van der Waals surface area contributed by atoms with Gasteiger partial charge in [0.15, 0.2) is 0 Å². The van der Waals surface area contributed by atoms with E-state index in [-0.39, 0.29) is 18.4 Å². The zero-order valence-electron chi connectivity index (χ0n) is 11.6. The van der Waals surface area contributed by atoms with Gasteiger partial charge in [0.25, 0.3) is 0 Å². The Labute approximate surface area is 115 Å². The minimum atomic E-state index is 0.183. The van der Waals surface area contributed by atoms with Crippen LogP contribution >= 0.6 is 0 Å². The van der Waals surface area contributed by atoms with Crippen molar-refractivity contribution in [1.29, 1.82) is 0 Å². The van der Waals surface area contributed by atoms with Gasteiger partial charge in [-0.25, -0.2) is 0 Å². The van der Waals surface area contributed by atoms with Crippen LogP contribution in [-0.2, 0) is 17.6 Å². The maximum atomic E-state index is 12.2. The van der Waals surface area contributed by atoms with Crippen molar-refractivity contribution in [1.82, 2.24) is 4.90 Å². The lowest BCUT2D eigenvalue weighted by Gasteiger charge is -2.32. The molecule has 1 atom stereocenters. The molecule has 1 saturated heterocycles. The molecule has 0 saturated carbocycles. The number of aliphatic hydroxyl groups is 1. The summed E-state index contributed by atoms with van der Waals surface area (Å²) in [5, 5.41) is 9.20. The summed E-state index contributed by atoms with van der Waals surface area (Å²) in [6.45, 7) is 3.86. The van der Waals surface area contributed by atoms with E-state index in [2.05, 4.69) is 19.1 Å². The lowest BCUT2D eigenvalue weighted by Crippen LogP contribution is -2.41. The first kappa shape index (κ1) is 14.1. The molecule has 19 heavy (non-hydrogen) atoms. The molecule has 0 bridgehead atoms. The van der Waals surface area contributed by atoms with E-state index in [1.807, 2.05) is 17.0 Å². The quantitative estimate of drug-likeness (QED) is 0.901. The summed E-state index contributed by atoms with van der Waals surface area (Å²) >= 11 is 0.